The highest BCUT2D eigenvalue weighted by Gasteiger charge is 2.20. The molecule has 5 heteroatoms. The molecule has 0 aliphatic heterocycles. The Morgan fingerprint density at radius 3 is 2.79 bits per heavy atom. The van der Waals surface area contributed by atoms with Gasteiger partial charge < -0.3 is 14.2 Å². The van der Waals surface area contributed by atoms with Gasteiger partial charge in [-0.3, -0.25) is 0 Å². The van der Waals surface area contributed by atoms with Crippen LogP contribution in [0.3, 0.4) is 0 Å². The minimum absolute atomic E-state index is 0.0701. The summed E-state index contributed by atoms with van der Waals surface area (Å²) in [5, 5.41) is 4.91. The van der Waals surface area contributed by atoms with Gasteiger partial charge in [0.25, 0.3) is 0 Å². The number of rotatable bonds is 3. The lowest BCUT2D eigenvalue weighted by Crippen LogP contribution is -2.16. The van der Waals surface area contributed by atoms with Gasteiger partial charge in [0.05, 0.1) is 12.3 Å². The second kappa shape index (κ2) is 5.04. The fourth-order valence-corrected chi connectivity index (χ4v) is 2.79. The summed E-state index contributed by atoms with van der Waals surface area (Å²) in [5.41, 5.74) is 1.81. The minimum Gasteiger partial charge on any atom is -0.459 e. The first-order valence-corrected chi connectivity index (χ1v) is 6.95. The molecule has 0 spiro atoms. The van der Waals surface area contributed by atoms with Gasteiger partial charge in [-0.05, 0) is 53.3 Å². The Hall–Kier alpha value is -1.23. The second-order valence-corrected chi connectivity index (χ2v) is 5.36. The van der Waals surface area contributed by atoms with E-state index in [-0.39, 0.29) is 6.04 Å². The number of fused-ring (bicyclic) bond motifs is 1. The summed E-state index contributed by atoms with van der Waals surface area (Å²) in [7, 11) is 1.88. The first kappa shape index (κ1) is 12.8. The highest BCUT2D eigenvalue weighted by Crippen LogP contribution is 2.33. The van der Waals surface area contributed by atoms with Gasteiger partial charge in [-0.15, -0.1) is 0 Å². The lowest BCUT2D eigenvalue weighted by Gasteiger charge is -2.11. The van der Waals surface area contributed by atoms with E-state index in [2.05, 4.69) is 21.2 Å². The molecule has 3 nitrogen and oxygen atoms in total. The van der Waals surface area contributed by atoms with Crippen molar-refractivity contribution in [3.8, 4) is 0 Å². The average molecular weight is 341 g/mol. The third-order valence-corrected chi connectivity index (χ3v) is 3.91. The predicted octanol–water partition coefficient (Wildman–Crippen LogP) is 4.75. The maximum atomic E-state index is 5.99. The first-order chi connectivity index (χ1) is 9.19. The number of nitrogens with one attached hydrogen (secondary N) is 1. The summed E-state index contributed by atoms with van der Waals surface area (Å²) in [6, 6.07) is 9.41. The Bertz CT molecular complexity index is 719. The number of halogens is 2. The van der Waals surface area contributed by atoms with Crippen LogP contribution in [0.4, 0.5) is 0 Å². The fraction of sp³-hybridized carbons (Fsp3) is 0.143. The molecular weight excluding hydrogens is 330 g/mol. The molecule has 3 aromatic rings. The van der Waals surface area contributed by atoms with Crippen molar-refractivity contribution < 1.29 is 8.83 Å². The van der Waals surface area contributed by atoms with E-state index in [1.807, 2.05) is 37.4 Å². The van der Waals surface area contributed by atoms with Crippen LogP contribution in [0.15, 0.2) is 50.1 Å². The van der Waals surface area contributed by atoms with Crippen LogP contribution in [0.2, 0.25) is 5.02 Å². The summed E-state index contributed by atoms with van der Waals surface area (Å²) in [6.07, 6.45) is 1.64. The SMILES string of the molecule is CNC(c1cc2cc(Cl)ccc2o1)c1ccoc1Br. The summed E-state index contributed by atoms with van der Waals surface area (Å²) in [5.74, 6) is 0.821. The zero-order valence-electron chi connectivity index (χ0n) is 10.1. The van der Waals surface area contributed by atoms with E-state index in [9.17, 15) is 0 Å². The van der Waals surface area contributed by atoms with Crippen LogP contribution in [0.25, 0.3) is 11.0 Å². The Morgan fingerprint density at radius 2 is 2.11 bits per heavy atom. The standard InChI is InChI=1S/C14H11BrClNO2/c1-17-13(10-4-5-18-14(10)15)12-7-8-6-9(16)2-3-11(8)19-12/h2-7,13,17H,1H3. The van der Waals surface area contributed by atoms with Crippen molar-refractivity contribution in [1.82, 2.24) is 5.32 Å². The molecule has 2 aromatic heterocycles. The summed E-state index contributed by atoms with van der Waals surface area (Å²) < 4.78 is 11.8. The molecule has 1 N–H and O–H groups in total. The van der Waals surface area contributed by atoms with E-state index in [4.69, 9.17) is 20.4 Å². The van der Waals surface area contributed by atoms with Gasteiger partial charge in [-0.1, -0.05) is 11.6 Å². The molecule has 0 aliphatic rings. The second-order valence-electron chi connectivity index (χ2n) is 4.20. The molecule has 19 heavy (non-hydrogen) atoms. The Labute approximate surface area is 123 Å². The molecular formula is C14H11BrClNO2. The molecule has 0 saturated heterocycles. The average Bonchev–Trinajstić information content (AvgIpc) is 2.97. The zero-order chi connectivity index (χ0) is 13.4. The Balaban J connectivity index is 2.09. The molecule has 2 heterocycles. The number of benzene rings is 1. The van der Waals surface area contributed by atoms with Gasteiger partial charge in [0.15, 0.2) is 4.67 Å². The van der Waals surface area contributed by atoms with Crippen LogP contribution in [-0.4, -0.2) is 7.05 Å². The van der Waals surface area contributed by atoms with Crippen LogP contribution in [0.5, 0.6) is 0 Å². The number of furan rings is 2. The fourth-order valence-electron chi connectivity index (χ4n) is 2.14. The molecule has 98 valence electrons. The summed E-state index contributed by atoms with van der Waals surface area (Å²) in [6.45, 7) is 0. The Morgan fingerprint density at radius 1 is 1.26 bits per heavy atom. The topological polar surface area (TPSA) is 38.3 Å². The van der Waals surface area contributed by atoms with Crippen molar-refractivity contribution in [2.75, 3.05) is 7.05 Å². The third kappa shape index (κ3) is 2.31. The van der Waals surface area contributed by atoms with E-state index < -0.39 is 0 Å². The van der Waals surface area contributed by atoms with Crippen LogP contribution < -0.4 is 5.32 Å². The highest BCUT2D eigenvalue weighted by atomic mass is 79.9. The smallest absolute Gasteiger partial charge is 0.174 e. The highest BCUT2D eigenvalue weighted by molar-refractivity contribution is 9.10. The van der Waals surface area contributed by atoms with Crippen molar-refractivity contribution in [2.24, 2.45) is 0 Å². The van der Waals surface area contributed by atoms with Crippen molar-refractivity contribution in [3.63, 3.8) is 0 Å². The largest absolute Gasteiger partial charge is 0.459 e. The molecule has 0 saturated carbocycles. The van der Waals surface area contributed by atoms with E-state index >= 15 is 0 Å². The zero-order valence-corrected chi connectivity index (χ0v) is 12.5. The molecule has 0 fully saturated rings. The molecule has 0 aliphatic carbocycles. The minimum atomic E-state index is -0.0701. The van der Waals surface area contributed by atoms with Crippen LogP contribution >= 0.6 is 27.5 Å². The van der Waals surface area contributed by atoms with Crippen LogP contribution in [0.1, 0.15) is 17.4 Å². The van der Waals surface area contributed by atoms with E-state index in [0.717, 1.165) is 22.3 Å². The van der Waals surface area contributed by atoms with Gasteiger partial charge >= 0.3 is 0 Å². The molecule has 0 bridgehead atoms. The van der Waals surface area contributed by atoms with E-state index in [1.54, 1.807) is 6.26 Å². The number of hydrogen-bond donors (Lipinski definition) is 1. The van der Waals surface area contributed by atoms with Crippen molar-refractivity contribution in [1.29, 1.82) is 0 Å². The summed E-state index contributed by atoms with van der Waals surface area (Å²) in [4.78, 5) is 0. The third-order valence-electron chi connectivity index (χ3n) is 3.03. The Kier molecular flexibility index (Phi) is 3.39. The monoisotopic (exact) mass is 339 g/mol. The quantitative estimate of drug-likeness (QED) is 0.747. The van der Waals surface area contributed by atoms with Gasteiger partial charge in [0.2, 0.25) is 0 Å². The van der Waals surface area contributed by atoms with Crippen LogP contribution in [-0.2, 0) is 0 Å². The maximum absolute atomic E-state index is 5.99. The molecule has 0 radical (unpaired) electrons. The van der Waals surface area contributed by atoms with Gasteiger partial charge in [-0.25, -0.2) is 0 Å². The maximum Gasteiger partial charge on any atom is 0.174 e. The molecule has 1 aromatic carbocycles. The number of hydrogen-bond acceptors (Lipinski definition) is 3. The van der Waals surface area contributed by atoms with E-state index in [0.29, 0.717) is 9.69 Å². The lowest BCUT2D eigenvalue weighted by atomic mass is 10.1. The summed E-state index contributed by atoms with van der Waals surface area (Å²) >= 11 is 9.38. The molecule has 1 atom stereocenters. The van der Waals surface area contributed by atoms with Gasteiger partial charge in [0, 0.05) is 16.0 Å². The lowest BCUT2D eigenvalue weighted by molar-refractivity contribution is 0.479. The first-order valence-electron chi connectivity index (χ1n) is 5.78. The van der Waals surface area contributed by atoms with Crippen LogP contribution in [0, 0.1) is 0 Å². The normalized spacial score (nSPS) is 13.0. The van der Waals surface area contributed by atoms with Crippen molar-refractivity contribution in [3.05, 3.63) is 57.6 Å². The predicted molar refractivity (Wildman–Crippen MR) is 78.5 cm³/mol. The molecule has 1 unspecified atom stereocenters. The van der Waals surface area contributed by atoms with Crippen molar-refractivity contribution in [2.45, 2.75) is 6.04 Å². The molecule has 3 rings (SSSR count). The molecule has 0 amide bonds. The van der Waals surface area contributed by atoms with Gasteiger partial charge in [0.1, 0.15) is 11.3 Å². The van der Waals surface area contributed by atoms with Crippen molar-refractivity contribution >= 4 is 38.5 Å². The van der Waals surface area contributed by atoms with Gasteiger partial charge in [-0.2, -0.15) is 0 Å². The van der Waals surface area contributed by atoms with E-state index in [1.165, 1.54) is 0 Å².